The third kappa shape index (κ3) is 4.71. The van der Waals surface area contributed by atoms with Crippen LogP contribution in [0.3, 0.4) is 0 Å². The van der Waals surface area contributed by atoms with E-state index in [2.05, 4.69) is 67.7 Å². The molecule has 0 aromatic rings. The van der Waals surface area contributed by atoms with E-state index in [0.717, 1.165) is 19.3 Å². The Morgan fingerprint density at radius 2 is 1.65 bits per heavy atom. The second-order valence-electron chi connectivity index (χ2n) is 11.6. The van der Waals surface area contributed by atoms with Gasteiger partial charge in [0.1, 0.15) is 5.78 Å². The molecule has 5 heteroatoms. The molecule has 0 aromatic carbocycles. The van der Waals surface area contributed by atoms with Crippen LogP contribution in [0.5, 0.6) is 0 Å². The van der Waals surface area contributed by atoms with Gasteiger partial charge in [0, 0.05) is 18.8 Å². The van der Waals surface area contributed by atoms with Crippen LogP contribution in [0.2, 0.25) is 31.2 Å². The molecule has 0 saturated heterocycles. The van der Waals surface area contributed by atoms with Gasteiger partial charge >= 0.3 is 0 Å². The Morgan fingerprint density at radius 1 is 1.08 bits per heavy atom. The van der Waals surface area contributed by atoms with Crippen molar-refractivity contribution in [3.05, 3.63) is 0 Å². The maximum Gasteiger partial charge on any atom is 0.192 e. The maximum atomic E-state index is 12.2. The highest BCUT2D eigenvalue weighted by molar-refractivity contribution is 6.74. The van der Waals surface area contributed by atoms with E-state index < -0.39 is 17.4 Å². The van der Waals surface area contributed by atoms with Crippen molar-refractivity contribution >= 4 is 23.1 Å². The van der Waals surface area contributed by atoms with Gasteiger partial charge in [-0.1, -0.05) is 41.5 Å². The monoisotopic (exact) mass is 398 g/mol. The second-order valence-corrected chi connectivity index (χ2v) is 18.7. The highest BCUT2D eigenvalue weighted by Crippen LogP contribution is 2.53. The average molecular weight is 399 g/mol. The molecule has 152 valence electrons. The summed E-state index contributed by atoms with van der Waals surface area (Å²) >= 11 is 0. The van der Waals surface area contributed by atoms with Crippen molar-refractivity contribution in [2.75, 3.05) is 0 Å². The lowest BCUT2D eigenvalue weighted by Gasteiger charge is -2.45. The molecule has 0 bridgehead atoms. The molecule has 2 aliphatic rings. The largest absolute Gasteiger partial charge is 0.417 e. The number of carbonyl (C=O) groups excluding carboxylic acids is 1. The van der Waals surface area contributed by atoms with Crippen molar-refractivity contribution in [2.45, 2.75) is 104 Å². The van der Waals surface area contributed by atoms with E-state index >= 15 is 0 Å². The Kier molecular flexibility index (Phi) is 6.40. The van der Waals surface area contributed by atoms with Crippen LogP contribution in [-0.4, -0.2) is 35.3 Å². The van der Waals surface area contributed by atoms with Crippen LogP contribution >= 0.6 is 0 Å². The number of hydrogen-bond acceptors (Lipinski definition) is 3. The Morgan fingerprint density at radius 3 is 2.12 bits per heavy atom. The third-order valence-corrected chi connectivity index (χ3v) is 12.2. The summed E-state index contributed by atoms with van der Waals surface area (Å²) < 4.78 is 13.6. The molecule has 2 saturated carbocycles. The number of rotatable bonds is 5. The van der Waals surface area contributed by atoms with E-state index in [1.807, 2.05) is 0 Å². The summed E-state index contributed by atoms with van der Waals surface area (Å²) in [7, 11) is -3.03. The standard InChI is InChI=1S/C21H42O3Si2/c1-20(2,3)19(23-25(7)8)18-16-13-15(22)11-14(16)12-17(18)24-26(9,10)21(4,5)6/h14,16-19,25H,11-13H2,1-10H3/t14-,16-,17+,18+,19?/m0/s1. The van der Waals surface area contributed by atoms with Gasteiger partial charge in [0.2, 0.25) is 0 Å². The van der Waals surface area contributed by atoms with Crippen LogP contribution in [0.4, 0.5) is 0 Å². The third-order valence-electron chi connectivity index (χ3n) is 6.89. The Labute approximate surface area is 164 Å². The fourth-order valence-electron chi connectivity index (χ4n) is 4.66. The molecule has 2 rings (SSSR count). The molecule has 0 N–H and O–H groups in total. The van der Waals surface area contributed by atoms with Crippen molar-refractivity contribution in [2.24, 2.45) is 23.2 Å². The zero-order valence-corrected chi connectivity index (χ0v) is 21.0. The molecule has 0 aromatic heterocycles. The van der Waals surface area contributed by atoms with Crippen LogP contribution in [0, 0.1) is 23.2 Å². The first kappa shape index (κ1) is 22.3. The van der Waals surface area contributed by atoms with Crippen LogP contribution in [0.15, 0.2) is 0 Å². The first-order valence-electron chi connectivity index (χ1n) is 10.5. The number of fused-ring (bicyclic) bond motifs is 1. The van der Waals surface area contributed by atoms with Crippen LogP contribution < -0.4 is 0 Å². The lowest BCUT2D eigenvalue weighted by Crippen LogP contribution is -2.50. The Bertz CT molecular complexity index is 516. The summed E-state index contributed by atoms with van der Waals surface area (Å²) in [5.41, 5.74) is 0.0670. The molecule has 2 aliphatic carbocycles. The minimum atomic E-state index is -1.85. The van der Waals surface area contributed by atoms with E-state index in [0.29, 0.717) is 23.5 Å². The summed E-state index contributed by atoms with van der Waals surface area (Å²) in [6.07, 6.45) is 2.97. The molecular weight excluding hydrogens is 356 g/mol. The Hall–Kier alpha value is 0.0238. The summed E-state index contributed by atoms with van der Waals surface area (Å²) in [5.74, 6) is 1.76. The molecule has 3 nitrogen and oxygen atoms in total. The zero-order chi connectivity index (χ0) is 20.1. The summed E-state index contributed by atoms with van der Waals surface area (Å²) in [6, 6.07) is 0. The van der Waals surface area contributed by atoms with Gasteiger partial charge in [-0.3, -0.25) is 4.79 Å². The van der Waals surface area contributed by atoms with E-state index in [9.17, 15) is 4.79 Å². The number of Topliss-reactive ketones (excluding diaryl/α,β-unsaturated/α-hetero) is 1. The SMILES string of the molecule is C[SiH](C)OC([C@@H]1[C@H]2CC(=O)C[C@H]2C[C@H]1O[Si](C)(C)C(C)(C)C)C(C)(C)C. The van der Waals surface area contributed by atoms with Gasteiger partial charge in [0.05, 0.1) is 12.2 Å². The first-order chi connectivity index (χ1) is 11.6. The average Bonchev–Trinajstić information content (AvgIpc) is 2.88. The van der Waals surface area contributed by atoms with E-state index in [-0.39, 0.29) is 22.7 Å². The highest BCUT2D eigenvalue weighted by Gasteiger charge is 2.55. The lowest BCUT2D eigenvalue weighted by molar-refractivity contribution is -0.118. The number of ketones is 1. The molecular formula is C21H42O3Si2. The first-order valence-corrected chi connectivity index (χ1v) is 16.2. The van der Waals surface area contributed by atoms with Gasteiger partial charge in [-0.2, -0.15) is 0 Å². The minimum absolute atomic E-state index is 0.0670. The molecule has 26 heavy (non-hydrogen) atoms. The van der Waals surface area contributed by atoms with E-state index in [1.54, 1.807) is 0 Å². The van der Waals surface area contributed by atoms with Crippen LogP contribution in [0.1, 0.15) is 60.8 Å². The summed E-state index contributed by atoms with van der Waals surface area (Å²) in [5, 5.41) is 0.204. The lowest BCUT2D eigenvalue weighted by atomic mass is 9.75. The summed E-state index contributed by atoms with van der Waals surface area (Å²) in [4.78, 5) is 12.2. The normalized spacial score (nSPS) is 31.6. The van der Waals surface area contributed by atoms with Gasteiger partial charge in [-0.05, 0) is 54.9 Å². The predicted molar refractivity (Wildman–Crippen MR) is 115 cm³/mol. The molecule has 2 fully saturated rings. The van der Waals surface area contributed by atoms with Gasteiger partial charge in [0.25, 0.3) is 0 Å². The maximum absolute atomic E-state index is 12.2. The van der Waals surface area contributed by atoms with Crippen molar-refractivity contribution in [3.8, 4) is 0 Å². The van der Waals surface area contributed by atoms with Gasteiger partial charge < -0.3 is 8.85 Å². The zero-order valence-electron chi connectivity index (χ0n) is 18.8. The quantitative estimate of drug-likeness (QED) is 0.581. The van der Waals surface area contributed by atoms with Crippen LogP contribution in [0.25, 0.3) is 0 Å². The van der Waals surface area contributed by atoms with Crippen molar-refractivity contribution in [3.63, 3.8) is 0 Å². The molecule has 0 aliphatic heterocycles. The smallest absolute Gasteiger partial charge is 0.192 e. The number of carbonyl (C=O) groups is 1. The van der Waals surface area contributed by atoms with Crippen LogP contribution in [-0.2, 0) is 13.6 Å². The van der Waals surface area contributed by atoms with Gasteiger partial charge in [0.15, 0.2) is 17.4 Å². The molecule has 0 amide bonds. The molecule has 5 atom stereocenters. The number of hydrogen-bond donors (Lipinski definition) is 0. The molecule has 0 radical (unpaired) electrons. The molecule has 0 heterocycles. The topological polar surface area (TPSA) is 35.5 Å². The molecule has 0 spiro atoms. The minimum Gasteiger partial charge on any atom is -0.417 e. The Balaban J connectivity index is 2.36. The van der Waals surface area contributed by atoms with Crippen molar-refractivity contribution < 1.29 is 13.6 Å². The van der Waals surface area contributed by atoms with E-state index in [4.69, 9.17) is 8.85 Å². The molecule has 1 unspecified atom stereocenters. The van der Waals surface area contributed by atoms with Gasteiger partial charge in [-0.15, -0.1) is 0 Å². The van der Waals surface area contributed by atoms with Crippen molar-refractivity contribution in [1.82, 2.24) is 0 Å². The van der Waals surface area contributed by atoms with Gasteiger partial charge in [-0.25, -0.2) is 0 Å². The fraction of sp³-hybridized carbons (Fsp3) is 0.952. The van der Waals surface area contributed by atoms with E-state index in [1.165, 1.54) is 0 Å². The van der Waals surface area contributed by atoms with Crippen molar-refractivity contribution in [1.29, 1.82) is 0 Å². The predicted octanol–water partition coefficient (Wildman–Crippen LogP) is 5.41. The fourth-order valence-corrected chi connectivity index (χ4v) is 7.20. The highest BCUT2D eigenvalue weighted by atomic mass is 28.4. The summed E-state index contributed by atoms with van der Waals surface area (Å²) in [6.45, 7) is 23.0. The second kappa shape index (κ2) is 7.45.